The third-order valence-electron chi connectivity index (χ3n) is 2.23. The van der Waals surface area contributed by atoms with E-state index in [1.54, 1.807) is 24.4 Å². The predicted molar refractivity (Wildman–Crippen MR) is 65.0 cm³/mol. The lowest BCUT2D eigenvalue weighted by atomic mass is 10.1. The molecule has 1 N–H and O–H groups in total. The molecule has 1 atom stereocenters. The molecule has 2 nitrogen and oxygen atoms in total. The van der Waals surface area contributed by atoms with Crippen LogP contribution in [0.5, 0.6) is 0 Å². The van der Waals surface area contributed by atoms with Crippen LogP contribution in [0.3, 0.4) is 0 Å². The van der Waals surface area contributed by atoms with Gasteiger partial charge in [-0.25, -0.2) is 9.37 Å². The van der Waals surface area contributed by atoms with Gasteiger partial charge in [0.25, 0.3) is 0 Å². The average molecular weight is 302 g/mol. The Labute approximate surface area is 105 Å². The lowest BCUT2D eigenvalue weighted by Gasteiger charge is -2.08. The maximum atomic E-state index is 13.1. The van der Waals surface area contributed by atoms with E-state index in [4.69, 9.17) is 0 Å². The topological polar surface area (TPSA) is 33.1 Å². The highest BCUT2D eigenvalue weighted by Crippen LogP contribution is 2.27. The first kappa shape index (κ1) is 11.7. The molecule has 0 saturated carbocycles. The standard InChI is InChI=1S/C11H9BrFNOS/c1-6-4-7(2-3-8(6)13)10(15)11-14-9(12)5-16-11/h2-5,10,15H,1H3. The third-order valence-corrected chi connectivity index (χ3v) is 3.83. The van der Waals surface area contributed by atoms with Crippen molar-refractivity contribution < 1.29 is 9.50 Å². The van der Waals surface area contributed by atoms with E-state index in [0.29, 0.717) is 20.7 Å². The first-order valence-corrected chi connectivity index (χ1v) is 6.30. The second kappa shape index (κ2) is 4.61. The summed E-state index contributed by atoms with van der Waals surface area (Å²) in [6.07, 6.45) is -0.796. The molecule has 1 aromatic carbocycles. The molecule has 0 aliphatic carbocycles. The highest BCUT2D eigenvalue weighted by molar-refractivity contribution is 9.10. The lowest BCUT2D eigenvalue weighted by molar-refractivity contribution is 0.219. The molecular formula is C11H9BrFNOS. The maximum absolute atomic E-state index is 13.1. The van der Waals surface area contributed by atoms with E-state index in [-0.39, 0.29) is 5.82 Å². The summed E-state index contributed by atoms with van der Waals surface area (Å²) in [5.74, 6) is -0.267. The van der Waals surface area contributed by atoms with Crippen molar-refractivity contribution in [3.05, 3.63) is 50.1 Å². The monoisotopic (exact) mass is 301 g/mol. The van der Waals surface area contributed by atoms with Crippen molar-refractivity contribution in [1.82, 2.24) is 4.98 Å². The van der Waals surface area contributed by atoms with Gasteiger partial charge in [0.2, 0.25) is 0 Å². The minimum Gasteiger partial charge on any atom is -0.381 e. The van der Waals surface area contributed by atoms with Crippen molar-refractivity contribution >= 4 is 27.3 Å². The number of aromatic nitrogens is 1. The largest absolute Gasteiger partial charge is 0.381 e. The number of rotatable bonds is 2. The summed E-state index contributed by atoms with van der Waals surface area (Å²) in [4.78, 5) is 4.13. The Morgan fingerprint density at radius 3 is 2.81 bits per heavy atom. The molecule has 1 heterocycles. The molecule has 1 unspecified atom stereocenters. The van der Waals surface area contributed by atoms with Crippen LogP contribution >= 0.6 is 27.3 Å². The molecule has 1 aromatic heterocycles. The summed E-state index contributed by atoms with van der Waals surface area (Å²) in [6.45, 7) is 1.67. The molecule has 5 heteroatoms. The number of aliphatic hydroxyl groups excluding tert-OH is 1. The molecule has 0 fully saturated rings. The zero-order valence-electron chi connectivity index (χ0n) is 8.45. The van der Waals surface area contributed by atoms with Crippen molar-refractivity contribution in [3.8, 4) is 0 Å². The summed E-state index contributed by atoms with van der Waals surface area (Å²) in [5, 5.41) is 12.4. The van der Waals surface area contributed by atoms with Crippen LogP contribution in [0.25, 0.3) is 0 Å². The van der Waals surface area contributed by atoms with E-state index < -0.39 is 6.10 Å². The smallest absolute Gasteiger partial charge is 0.131 e. The summed E-state index contributed by atoms with van der Waals surface area (Å²) in [6, 6.07) is 4.56. The summed E-state index contributed by atoms with van der Waals surface area (Å²) >= 11 is 4.59. The molecule has 0 aliphatic heterocycles. The van der Waals surface area contributed by atoms with Crippen molar-refractivity contribution in [2.45, 2.75) is 13.0 Å². The van der Waals surface area contributed by atoms with E-state index in [0.717, 1.165) is 0 Å². The highest BCUT2D eigenvalue weighted by atomic mass is 79.9. The van der Waals surface area contributed by atoms with Crippen LogP contribution < -0.4 is 0 Å². The van der Waals surface area contributed by atoms with Gasteiger partial charge in [0.1, 0.15) is 21.5 Å². The number of hydrogen-bond donors (Lipinski definition) is 1. The Kier molecular flexibility index (Phi) is 3.37. The van der Waals surface area contributed by atoms with Crippen molar-refractivity contribution in [2.75, 3.05) is 0 Å². The van der Waals surface area contributed by atoms with Crippen LogP contribution in [-0.4, -0.2) is 10.1 Å². The van der Waals surface area contributed by atoms with E-state index in [2.05, 4.69) is 20.9 Å². The number of halogens is 2. The summed E-state index contributed by atoms with van der Waals surface area (Å²) in [7, 11) is 0. The van der Waals surface area contributed by atoms with Crippen molar-refractivity contribution in [2.24, 2.45) is 0 Å². The van der Waals surface area contributed by atoms with Gasteiger partial charge in [-0.05, 0) is 40.0 Å². The predicted octanol–water partition coefficient (Wildman–Crippen LogP) is 3.43. The number of nitrogens with zero attached hydrogens (tertiary/aromatic N) is 1. The molecule has 2 aromatic rings. The lowest BCUT2D eigenvalue weighted by Crippen LogP contribution is -2.00. The third kappa shape index (κ3) is 2.31. The molecule has 0 spiro atoms. The molecule has 2 rings (SSSR count). The van der Waals surface area contributed by atoms with Gasteiger partial charge < -0.3 is 5.11 Å². The van der Waals surface area contributed by atoms with Gasteiger partial charge >= 0.3 is 0 Å². The second-order valence-electron chi connectivity index (χ2n) is 3.42. The van der Waals surface area contributed by atoms with Crippen LogP contribution in [0.4, 0.5) is 4.39 Å². The minimum absolute atomic E-state index is 0.267. The fraction of sp³-hybridized carbons (Fsp3) is 0.182. The fourth-order valence-corrected chi connectivity index (χ4v) is 2.65. The van der Waals surface area contributed by atoms with Gasteiger partial charge in [-0.1, -0.05) is 12.1 Å². The maximum Gasteiger partial charge on any atom is 0.131 e. The Balaban J connectivity index is 2.33. The Morgan fingerprint density at radius 2 is 2.25 bits per heavy atom. The molecule has 0 saturated heterocycles. The second-order valence-corrected chi connectivity index (χ2v) is 5.12. The van der Waals surface area contributed by atoms with Crippen LogP contribution in [0, 0.1) is 12.7 Å². The SMILES string of the molecule is Cc1cc(C(O)c2nc(Br)cs2)ccc1F. The van der Waals surface area contributed by atoms with E-state index in [9.17, 15) is 9.50 Å². The first-order valence-electron chi connectivity index (χ1n) is 4.63. The molecule has 0 amide bonds. The van der Waals surface area contributed by atoms with E-state index >= 15 is 0 Å². The summed E-state index contributed by atoms with van der Waals surface area (Å²) in [5.41, 5.74) is 1.17. The molecule has 0 aliphatic rings. The molecule has 16 heavy (non-hydrogen) atoms. The zero-order valence-corrected chi connectivity index (χ0v) is 10.8. The van der Waals surface area contributed by atoms with Crippen molar-refractivity contribution in [3.63, 3.8) is 0 Å². The molecule has 0 bridgehead atoms. The van der Waals surface area contributed by atoms with Crippen LogP contribution in [0.15, 0.2) is 28.2 Å². The van der Waals surface area contributed by atoms with E-state index in [1.165, 1.54) is 17.4 Å². The van der Waals surface area contributed by atoms with Crippen LogP contribution in [0.2, 0.25) is 0 Å². The van der Waals surface area contributed by atoms with Gasteiger partial charge in [0.05, 0.1) is 0 Å². The van der Waals surface area contributed by atoms with Crippen LogP contribution in [-0.2, 0) is 0 Å². The average Bonchev–Trinajstić information content (AvgIpc) is 2.68. The highest BCUT2D eigenvalue weighted by Gasteiger charge is 2.15. The van der Waals surface area contributed by atoms with Crippen LogP contribution in [0.1, 0.15) is 22.2 Å². The van der Waals surface area contributed by atoms with Gasteiger partial charge in [0.15, 0.2) is 0 Å². The van der Waals surface area contributed by atoms with Crippen molar-refractivity contribution in [1.29, 1.82) is 0 Å². The van der Waals surface area contributed by atoms with Gasteiger partial charge in [0, 0.05) is 5.38 Å². The first-order chi connectivity index (χ1) is 7.58. The van der Waals surface area contributed by atoms with E-state index in [1.807, 2.05) is 0 Å². The Morgan fingerprint density at radius 1 is 1.50 bits per heavy atom. The number of aliphatic hydroxyl groups is 1. The summed E-state index contributed by atoms with van der Waals surface area (Å²) < 4.78 is 13.8. The normalized spacial score (nSPS) is 12.8. The number of aryl methyl sites for hydroxylation is 1. The molecule has 0 radical (unpaired) electrons. The minimum atomic E-state index is -0.796. The van der Waals surface area contributed by atoms with Gasteiger partial charge in [-0.15, -0.1) is 11.3 Å². The quantitative estimate of drug-likeness (QED) is 0.922. The Bertz CT molecular complexity index is 514. The zero-order chi connectivity index (χ0) is 11.7. The number of hydrogen-bond acceptors (Lipinski definition) is 3. The van der Waals surface area contributed by atoms with Gasteiger partial charge in [-0.3, -0.25) is 0 Å². The molecular weight excluding hydrogens is 293 g/mol. The Hall–Kier alpha value is -0.780. The molecule has 84 valence electrons. The fourth-order valence-electron chi connectivity index (χ4n) is 1.37. The number of thiazole rings is 1. The number of benzene rings is 1. The van der Waals surface area contributed by atoms with Gasteiger partial charge in [-0.2, -0.15) is 0 Å².